The first-order valence-electron chi connectivity index (χ1n) is 17.7. The van der Waals surface area contributed by atoms with Gasteiger partial charge in [0.2, 0.25) is 0 Å². The minimum atomic E-state index is -0.736. The molecule has 6 nitrogen and oxygen atoms in total. The maximum absolute atomic E-state index is 4.83. The Hall–Kier alpha value is -5.58. The quantitative estimate of drug-likeness (QED) is 0.165. The van der Waals surface area contributed by atoms with Crippen LogP contribution in [0.25, 0.3) is 38.8 Å². The molecular weight excluding hydrogens is 832 g/mol. The predicted octanol–water partition coefficient (Wildman–Crippen LogP) is 9.93. The third-order valence-corrected chi connectivity index (χ3v) is 10.7. The molecule has 0 spiro atoms. The molecule has 0 fully saturated rings. The standard InChI is InChI=1S/C46H35N6.Pt/c1-45(2,3)31-25-32(27-33(26-31)51-29-50(4)43-44(51)49-24-23-48-43)46(38-16-8-5-13-34(38)35-14-6-9-17-39(35)46)30-20-21-37-36-15-7-10-18-40(36)52(41(37)28-30)42-19-11-12-22-47-42;/h5-26,29H,1-4H3;/q-3;. The van der Waals surface area contributed by atoms with E-state index in [1.165, 1.54) is 33.2 Å². The van der Waals surface area contributed by atoms with Crippen LogP contribution in [0.5, 0.6) is 0 Å². The number of pyridine rings is 1. The molecule has 0 N–H and O–H groups in total. The average molecular weight is 867 g/mol. The fourth-order valence-electron chi connectivity index (χ4n) is 8.32. The van der Waals surface area contributed by atoms with Gasteiger partial charge in [0.25, 0.3) is 0 Å². The first kappa shape index (κ1) is 33.3. The number of fused-ring (bicyclic) bond motifs is 7. The van der Waals surface area contributed by atoms with Crippen molar-refractivity contribution in [2.24, 2.45) is 0 Å². The van der Waals surface area contributed by atoms with Crippen molar-refractivity contribution < 1.29 is 21.1 Å². The number of benzene rings is 5. The number of para-hydroxylation sites is 1. The predicted molar refractivity (Wildman–Crippen MR) is 209 cm³/mol. The van der Waals surface area contributed by atoms with Crippen LogP contribution in [0.1, 0.15) is 48.6 Å². The van der Waals surface area contributed by atoms with E-state index in [9.17, 15) is 0 Å². The van der Waals surface area contributed by atoms with E-state index in [1.807, 2.05) is 30.3 Å². The van der Waals surface area contributed by atoms with Gasteiger partial charge < -0.3 is 14.4 Å². The zero-order chi connectivity index (χ0) is 35.2. The Kier molecular flexibility index (Phi) is 7.69. The Morgan fingerprint density at radius 1 is 0.642 bits per heavy atom. The van der Waals surface area contributed by atoms with Gasteiger partial charge in [0.15, 0.2) is 0 Å². The van der Waals surface area contributed by atoms with Crippen LogP contribution in [0.4, 0.5) is 17.3 Å². The van der Waals surface area contributed by atoms with E-state index in [2.05, 4.69) is 157 Å². The fraction of sp³-hybridized carbons (Fsp3) is 0.130. The Balaban J connectivity index is 0.00000372. The smallest absolute Gasteiger partial charge is 0.143 e. The minimum absolute atomic E-state index is 0. The van der Waals surface area contributed by atoms with Crippen LogP contribution >= 0.6 is 0 Å². The van der Waals surface area contributed by atoms with E-state index in [-0.39, 0.29) is 26.5 Å². The molecule has 0 radical (unpaired) electrons. The van der Waals surface area contributed by atoms with Gasteiger partial charge >= 0.3 is 0 Å². The van der Waals surface area contributed by atoms with Crippen LogP contribution in [0, 0.1) is 18.8 Å². The van der Waals surface area contributed by atoms with Gasteiger partial charge in [-0.05, 0) is 58.3 Å². The summed E-state index contributed by atoms with van der Waals surface area (Å²) in [6.45, 7) is 8.88. The van der Waals surface area contributed by atoms with Crippen LogP contribution in [0.2, 0.25) is 0 Å². The van der Waals surface area contributed by atoms with Crippen molar-refractivity contribution in [3.05, 3.63) is 180 Å². The van der Waals surface area contributed by atoms with Crippen molar-refractivity contribution in [1.29, 1.82) is 0 Å². The van der Waals surface area contributed by atoms with Crippen molar-refractivity contribution in [3.8, 4) is 16.9 Å². The largest absolute Gasteiger partial charge is 0.487 e. The van der Waals surface area contributed by atoms with Gasteiger partial charge in [-0.25, -0.2) is 15.0 Å². The Labute approximate surface area is 324 Å². The van der Waals surface area contributed by atoms with Crippen LogP contribution in [-0.2, 0) is 31.9 Å². The van der Waals surface area contributed by atoms with Crippen LogP contribution in [0.3, 0.4) is 0 Å². The summed E-state index contributed by atoms with van der Waals surface area (Å²) < 4.78 is 2.25. The van der Waals surface area contributed by atoms with Crippen LogP contribution in [0.15, 0.2) is 134 Å². The van der Waals surface area contributed by atoms with Gasteiger partial charge in [0.05, 0.1) is 0 Å². The monoisotopic (exact) mass is 866 g/mol. The maximum Gasteiger partial charge on any atom is 0.143 e. The van der Waals surface area contributed by atoms with E-state index in [0.29, 0.717) is 0 Å². The second-order valence-corrected chi connectivity index (χ2v) is 14.7. The fourth-order valence-corrected chi connectivity index (χ4v) is 8.32. The molecule has 0 unspecified atom stereocenters. The molecule has 10 rings (SSSR count). The molecule has 3 aromatic heterocycles. The molecule has 4 heterocycles. The molecule has 5 aromatic carbocycles. The van der Waals surface area contributed by atoms with Gasteiger partial charge in [-0.15, -0.1) is 34.9 Å². The van der Waals surface area contributed by atoms with E-state index < -0.39 is 5.41 Å². The van der Waals surface area contributed by atoms with Crippen molar-refractivity contribution in [3.63, 3.8) is 0 Å². The second kappa shape index (κ2) is 12.2. The summed E-state index contributed by atoms with van der Waals surface area (Å²) in [6, 6.07) is 49.6. The van der Waals surface area contributed by atoms with Crippen LogP contribution < -0.4 is 9.80 Å². The maximum atomic E-state index is 4.83. The summed E-state index contributed by atoms with van der Waals surface area (Å²) in [4.78, 5) is 18.4. The molecule has 0 bridgehead atoms. The number of rotatable bonds is 4. The Bertz CT molecular complexity index is 2650. The molecule has 2 aliphatic rings. The van der Waals surface area contributed by atoms with Gasteiger partial charge in [-0.2, -0.15) is 35.9 Å². The summed E-state index contributed by atoms with van der Waals surface area (Å²) in [7, 11) is 2.01. The van der Waals surface area contributed by atoms with Crippen molar-refractivity contribution in [2.45, 2.75) is 31.6 Å². The summed E-state index contributed by atoms with van der Waals surface area (Å²) in [5, 5.41) is 2.31. The SMILES string of the molecule is CN1[CH-]N(c2[c-]c(C3(c4[c-]c5c(cc4)c4ccccc4n5-c4ccccn4)c4ccccc4-c4ccccc43)cc(C(C)(C)C)c2)c2nccnc21.[Pt]. The molecule has 0 saturated carbocycles. The van der Waals surface area contributed by atoms with Gasteiger partial charge in [-0.1, -0.05) is 99.1 Å². The molecule has 1 aliphatic carbocycles. The number of nitrogens with zero attached hydrogens (tertiary/aromatic N) is 6. The van der Waals surface area contributed by atoms with E-state index in [0.717, 1.165) is 50.7 Å². The van der Waals surface area contributed by atoms with E-state index >= 15 is 0 Å². The third kappa shape index (κ3) is 4.85. The van der Waals surface area contributed by atoms with E-state index in [1.54, 1.807) is 12.4 Å². The molecular formula is C46H35N6Pt-3. The average Bonchev–Trinajstić information content (AvgIpc) is 3.80. The molecule has 0 amide bonds. The normalized spacial score (nSPS) is 14.3. The summed E-state index contributed by atoms with van der Waals surface area (Å²) in [6.07, 6.45) is 5.35. The number of hydrogen-bond donors (Lipinski definition) is 0. The molecule has 1 aliphatic heterocycles. The van der Waals surface area contributed by atoms with Crippen molar-refractivity contribution in [1.82, 2.24) is 19.5 Å². The van der Waals surface area contributed by atoms with Gasteiger partial charge in [0, 0.05) is 50.6 Å². The minimum Gasteiger partial charge on any atom is -0.487 e. The van der Waals surface area contributed by atoms with Crippen molar-refractivity contribution >= 4 is 39.1 Å². The Morgan fingerprint density at radius 3 is 2.04 bits per heavy atom. The summed E-state index contributed by atoms with van der Waals surface area (Å²) >= 11 is 0. The first-order valence-corrected chi connectivity index (χ1v) is 17.7. The molecule has 262 valence electrons. The third-order valence-electron chi connectivity index (χ3n) is 10.7. The first-order chi connectivity index (χ1) is 25.3. The van der Waals surface area contributed by atoms with E-state index in [4.69, 9.17) is 9.97 Å². The zero-order valence-corrected chi connectivity index (χ0v) is 32.1. The summed E-state index contributed by atoms with van der Waals surface area (Å²) in [5.41, 5.74) is 10.3. The topological polar surface area (TPSA) is 50.1 Å². The Morgan fingerprint density at radius 2 is 1.32 bits per heavy atom. The molecule has 53 heavy (non-hydrogen) atoms. The van der Waals surface area contributed by atoms with Crippen molar-refractivity contribution in [2.75, 3.05) is 16.8 Å². The van der Waals surface area contributed by atoms with Gasteiger partial charge in [-0.3, -0.25) is 0 Å². The number of aromatic nitrogens is 4. The van der Waals surface area contributed by atoms with Crippen LogP contribution in [-0.4, -0.2) is 26.6 Å². The second-order valence-electron chi connectivity index (χ2n) is 14.7. The molecule has 7 heteroatoms. The molecule has 0 saturated heterocycles. The summed E-state index contributed by atoms with van der Waals surface area (Å²) in [5.74, 6) is 2.46. The molecule has 0 atom stereocenters. The number of hydrogen-bond acceptors (Lipinski definition) is 5. The number of anilines is 3. The zero-order valence-electron chi connectivity index (χ0n) is 29.8. The molecule has 8 aromatic rings. The van der Waals surface area contributed by atoms with Gasteiger partial charge in [0.1, 0.15) is 17.5 Å².